The molecular formula is C16H18O2. The van der Waals surface area contributed by atoms with E-state index in [9.17, 15) is 4.79 Å². The van der Waals surface area contributed by atoms with Crippen LogP contribution < -0.4 is 0 Å². The van der Waals surface area contributed by atoms with Gasteiger partial charge >= 0.3 is 0 Å². The van der Waals surface area contributed by atoms with Crippen molar-refractivity contribution in [2.24, 2.45) is 10.8 Å². The third-order valence-corrected chi connectivity index (χ3v) is 4.64. The van der Waals surface area contributed by atoms with E-state index in [0.29, 0.717) is 0 Å². The Hall–Kier alpha value is -1.57. The normalized spacial score (nSPS) is 28.4. The van der Waals surface area contributed by atoms with Crippen molar-refractivity contribution in [1.82, 2.24) is 0 Å². The van der Waals surface area contributed by atoms with Gasteiger partial charge in [-0.2, -0.15) is 0 Å². The maximum absolute atomic E-state index is 12.8. The highest BCUT2D eigenvalue weighted by atomic mass is 16.5. The number of hydrogen-bond donors (Lipinski definition) is 0. The van der Waals surface area contributed by atoms with E-state index in [4.69, 9.17) is 4.74 Å². The lowest BCUT2D eigenvalue weighted by atomic mass is 9.85. The molecule has 0 amide bonds. The van der Waals surface area contributed by atoms with Crippen LogP contribution in [0.15, 0.2) is 30.3 Å². The number of rotatable bonds is 1. The van der Waals surface area contributed by atoms with Gasteiger partial charge < -0.3 is 4.74 Å². The lowest BCUT2D eigenvalue weighted by Gasteiger charge is -2.16. The maximum Gasteiger partial charge on any atom is 0.170 e. The Balaban J connectivity index is 2.18. The molecule has 2 aliphatic carbocycles. The van der Waals surface area contributed by atoms with Crippen LogP contribution in [0.4, 0.5) is 0 Å². The SMILES string of the molecule is COC1=CCC2(CC2(C)C)C(=O)c2ccccc21. The van der Waals surface area contributed by atoms with Crippen LogP contribution in [0, 0.1) is 10.8 Å². The summed E-state index contributed by atoms with van der Waals surface area (Å²) < 4.78 is 5.44. The molecule has 2 nitrogen and oxygen atoms in total. The number of allylic oxidation sites excluding steroid dienone is 1. The Morgan fingerprint density at radius 2 is 1.78 bits per heavy atom. The maximum atomic E-state index is 12.8. The van der Waals surface area contributed by atoms with Crippen molar-refractivity contribution < 1.29 is 9.53 Å². The van der Waals surface area contributed by atoms with Crippen LogP contribution in [-0.4, -0.2) is 12.9 Å². The van der Waals surface area contributed by atoms with Gasteiger partial charge in [0, 0.05) is 16.5 Å². The van der Waals surface area contributed by atoms with Gasteiger partial charge in [0.1, 0.15) is 5.76 Å². The summed E-state index contributed by atoms with van der Waals surface area (Å²) in [6.45, 7) is 4.36. The molecule has 0 aliphatic heterocycles. The summed E-state index contributed by atoms with van der Waals surface area (Å²) in [6.07, 6.45) is 3.84. The van der Waals surface area contributed by atoms with E-state index in [2.05, 4.69) is 19.9 Å². The number of carbonyl (C=O) groups excluding carboxylic acids is 1. The minimum atomic E-state index is -0.205. The third kappa shape index (κ3) is 1.32. The predicted molar refractivity (Wildman–Crippen MR) is 71.2 cm³/mol. The van der Waals surface area contributed by atoms with Gasteiger partial charge in [0.15, 0.2) is 5.78 Å². The van der Waals surface area contributed by atoms with Crippen molar-refractivity contribution in [3.8, 4) is 0 Å². The second-order valence-electron chi connectivity index (χ2n) is 5.99. The van der Waals surface area contributed by atoms with Gasteiger partial charge in [-0.1, -0.05) is 38.1 Å². The van der Waals surface area contributed by atoms with Gasteiger partial charge in [-0.05, 0) is 24.3 Å². The summed E-state index contributed by atoms with van der Waals surface area (Å²) in [5.41, 5.74) is 1.65. The van der Waals surface area contributed by atoms with E-state index in [0.717, 1.165) is 29.7 Å². The molecular weight excluding hydrogens is 224 g/mol. The number of benzene rings is 1. The highest BCUT2D eigenvalue weighted by Crippen LogP contribution is 2.68. The second-order valence-corrected chi connectivity index (χ2v) is 5.99. The number of methoxy groups -OCH3 is 1. The summed E-state index contributed by atoms with van der Waals surface area (Å²) >= 11 is 0. The molecule has 94 valence electrons. The predicted octanol–water partition coefficient (Wildman–Crippen LogP) is 3.68. The first-order valence-electron chi connectivity index (χ1n) is 6.40. The zero-order chi connectivity index (χ0) is 13.0. The molecule has 1 aromatic carbocycles. The van der Waals surface area contributed by atoms with Crippen LogP contribution in [0.1, 0.15) is 42.6 Å². The van der Waals surface area contributed by atoms with Crippen molar-refractivity contribution in [2.45, 2.75) is 26.7 Å². The number of carbonyl (C=O) groups is 1. The van der Waals surface area contributed by atoms with E-state index in [1.807, 2.05) is 24.3 Å². The van der Waals surface area contributed by atoms with Crippen LogP contribution in [0.2, 0.25) is 0 Å². The first-order valence-corrected chi connectivity index (χ1v) is 6.40. The minimum Gasteiger partial charge on any atom is -0.496 e. The molecule has 0 saturated heterocycles. The highest BCUT2D eigenvalue weighted by Gasteiger charge is 2.65. The quantitative estimate of drug-likeness (QED) is 0.751. The van der Waals surface area contributed by atoms with Gasteiger partial charge in [0.05, 0.1) is 7.11 Å². The van der Waals surface area contributed by atoms with E-state index in [1.54, 1.807) is 7.11 Å². The molecule has 1 atom stereocenters. The third-order valence-electron chi connectivity index (χ3n) is 4.64. The highest BCUT2D eigenvalue weighted by molar-refractivity contribution is 6.07. The first-order chi connectivity index (χ1) is 8.52. The number of ether oxygens (including phenoxy) is 1. The van der Waals surface area contributed by atoms with Gasteiger partial charge in [-0.25, -0.2) is 0 Å². The van der Waals surface area contributed by atoms with Crippen LogP contribution >= 0.6 is 0 Å². The Morgan fingerprint density at radius 3 is 2.33 bits per heavy atom. The molecule has 18 heavy (non-hydrogen) atoms. The topological polar surface area (TPSA) is 26.3 Å². The van der Waals surface area contributed by atoms with Gasteiger partial charge in [0.25, 0.3) is 0 Å². The molecule has 0 radical (unpaired) electrons. The largest absolute Gasteiger partial charge is 0.496 e. The van der Waals surface area contributed by atoms with E-state index in [-0.39, 0.29) is 16.6 Å². The van der Waals surface area contributed by atoms with Gasteiger partial charge in [-0.15, -0.1) is 0 Å². The first kappa shape index (κ1) is 11.5. The molecule has 1 spiro atoms. The number of fused-ring (bicyclic) bond motifs is 1. The molecule has 2 heteroatoms. The zero-order valence-electron chi connectivity index (χ0n) is 11.1. The van der Waals surface area contributed by atoms with Crippen LogP contribution in [0.5, 0.6) is 0 Å². The van der Waals surface area contributed by atoms with Gasteiger partial charge in [0.2, 0.25) is 0 Å². The zero-order valence-corrected chi connectivity index (χ0v) is 11.1. The van der Waals surface area contributed by atoms with Crippen molar-refractivity contribution in [3.63, 3.8) is 0 Å². The van der Waals surface area contributed by atoms with Gasteiger partial charge in [-0.3, -0.25) is 4.79 Å². The van der Waals surface area contributed by atoms with E-state index < -0.39 is 0 Å². The van der Waals surface area contributed by atoms with Crippen LogP contribution in [-0.2, 0) is 4.74 Å². The number of ketones is 1. The van der Waals surface area contributed by atoms with Crippen molar-refractivity contribution in [2.75, 3.05) is 7.11 Å². The fraction of sp³-hybridized carbons (Fsp3) is 0.438. The summed E-state index contributed by atoms with van der Waals surface area (Å²) in [5.74, 6) is 1.12. The Morgan fingerprint density at radius 1 is 1.17 bits per heavy atom. The standard InChI is InChI=1S/C16H18O2/c1-15(2)10-16(15)9-8-13(18-3)11-6-4-5-7-12(11)14(16)17/h4-8H,9-10H2,1-3H3. The van der Waals surface area contributed by atoms with Crippen LogP contribution in [0.3, 0.4) is 0 Å². The number of Topliss-reactive ketones (excluding diaryl/α,β-unsaturated/α-hetero) is 1. The Kier molecular flexibility index (Phi) is 2.22. The fourth-order valence-electron chi connectivity index (χ4n) is 3.26. The molecule has 1 aromatic rings. The van der Waals surface area contributed by atoms with Crippen molar-refractivity contribution in [1.29, 1.82) is 0 Å². The summed E-state index contributed by atoms with van der Waals surface area (Å²) in [6, 6.07) is 7.77. The van der Waals surface area contributed by atoms with Crippen molar-refractivity contribution in [3.05, 3.63) is 41.5 Å². The molecule has 0 bridgehead atoms. The molecule has 1 fully saturated rings. The molecule has 1 saturated carbocycles. The average molecular weight is 242 g/mol. The summed E-state index contributed by atoms with van der Waals surface area (Å²) in [4.78, 5) is 12.8. The molecule has 0 N–H and O–H groups in total. The monoisotopic (exact) mass is 242 g/mol. The molecule has 3 rings (SSSR count). The van der Waals surface area contributed by atoms with Crippen LogP contribution in [0.25, 0.3) is 5.76 Å². The number of hydrogen-bond acceptors (Lipinski definition) is 2. The molecule has 1 unspecified atom stereocenters. The Labute approximate surface area is 108 Å². The van der Waals surface area contributed by atoms with E-state index in [1.165, 1.54) is 0 Å². The average Bonchev–Trinajstić information content (AvgIpc) is 2.95. The summed E-state index contributed by atoms with van der Waals surface area (Å²) in [7, 11) is 1.67. The lowest BCUT2D eigenvalue weighted by molar-refractivity contribution is 0.0872. The summed E-state index contributed by atoms with van der Waals surface area (Å²) in [5, 5.41) is 0. The smallest absolute Gasteiger partial charge is 0.170 e. The minimum absolute atomic E-state index is 0.108. The van der Waals surface area contributed by atoms with E-state index >= 15 is 0 Å². The Bertz CT molecular complexity index is 554. The fourth-order valence-corrected chi connectivity index (χ4v) is 3.26. The molecule has 0 aromatic heterocycles. The van der Waals surface area contributed by atoms with Crippen molar-refractivity contribution >= 4 is 11.5 Å². The molecule has 2 aliphatic rings. The molecule has 0 heterocycles. The second kappa shape index (κ2) is 3.47. The lowest BCUT2D eigenvalue weighted by Crippen LogP contribution is -2.20.